The second-order valence-electron chi connectivity index (χ2n) is 4.14. The molecule has 0 bridgehead atoms. The van der Waals surface area contributed by atoms with Crippen molar-refractivity contribution in [2.24, 2.45) is 5.73 Å². The molecule has 2 nitrogen and oxygen atoms in total. The van der Waals surface area contributed by atoms with Crippen LogP contribution in [0.1, 0.15) is 12.0 Å². The lowest BCUT2D eigenvalue weighted by atomic mass is 9.92. The Bertz CT molecular complexity index is 524. The number of benzene rings is 1. The van der Waals surface area contributed by atoms with Gasteiger partial charge in [-0.2, -0.15) is 0 Å². The first-order valence-corrected chi connectivity index (χ1v) is 5.86. The number of hydrogen-bond donors (Lipinski definition) is 1. The summed E-state index contributed by atoms with van der Waals surface area (Å²) < 4.78 is 41.6. The number of ether oxygens (including phenoxy) is 1. The molecule has 0 aromatic heterocycles. The summed E-state index contributed by atoms with van der Waals surface area (Å²) in [7, 11) is 0. The Morgan fingerprint density at radius 1 is 1.16 bits per heavy atom. The number of rotatable bonds is 2. The molecule has 6 heteroatoms. The third-order valence-corrected chi connectivity index (χ3v) is 3.07. The van der Waals surface area contributed by atoms with Crippen LogP contribution in [0.2, 0.25) is 0 Å². The minimum Gasteiger partial charge on any atom is -0.402 e. The van der Waals surface area contributed by atoms with Gasteiger partial charge in [-0.15, -0.1) is 13.2 Å². The first kappa shape index (κ1) is 14.0. The summed E-state index contributed by atoms with van der Waals surface area (Å²) in [4.78, 5) is 0. The first-order valence-electron chi connectivity index (χ1n) is 5.48. The van der Waals surface area contributed by atoms with Crippen molar-refractivity contribution in [3.05, 3.63) is 53.7 Å². The average Bonchev–Trinajstić information content (AvgIpc) is 2.26. The van der Waals surface area contributed by atoms with Gasteiger partial charge in [0.05, 0.1) is 0 Å². The fraction of sp³-hybridized carbons (Fsp3) is 0.231. The molecule has 0 aliphatic heterocycles. The molecule has 1 atom stereocenters. The first-order chi connectivity index (χ1) is 8.80. The van der Waals surface area contributed by atoms with Crippen molar-refractivity contribution in [2.75, 3.05) is 0 Å². The van der Waals surface area contributed by atoms with Crippen LogP contribution in [0.25, 0.3) is 5.57 Å². The lowest BCUT2D eigenvalue weighted by Gasteiger charge is -2.33. The van der Waals surface area contributed by atoms with Crippen LogP contribution < -0.4 is 5.73 Å². The maximum Gasteiger partial charge on any atom is 0.524 e. The van der Waals surface area contributed by atoms with E-state index < -0.39 is 11.4 Å². The third-order valence-electron chi connectivity index (χ3n) is 2.66. The van der Waals surface area contributed by atoms with Gasteiger partial charge in [0.1, 0.15) is 0 Å². The molecule has 0 saturated heterocycles. The van der Waals surface area contributed by atoms with Crippen LogP contribution in [0.3, 0.4) is 0 Å². The molecule has 1 aromatic rings. The molecule has 2 N–H and O–H groups in total. The Labute approximate surface area is 113 Å². The van der Waals surface area contributed by atoms with Gasteiger partial charge in [0, 0.05) is 17.7 Å². The van der Waals surface area contributed by atoms with Crippen LogP contribution in [0, 0.1) is 0 Å². The fourth-order valence-corrected chi connectivity index (χ4v) is 2.35. The van der Waals surface area contributed by atoms with Crippen LogP contribution >= 0.6 is 11.6 Å². The Balaban J connectivity index is 2.42. The molecule has 0 fully saturated rings. The van der Waals surface area contributed by atoms with E-state index in [2.05, 4.69) is 4.74 Å². The molecule has 19 heavy (non-hydrogen) atoms. The van der Waals surface area contributed by atoms with Crippen molar-refractivity contribution in [3.63, 3.8) is 0 Å². The largest absolute Gasteiger partial charge is 0.524 e. The van der Waals surface area contributed by atoms with Gasteiger partial charge in [-0.25, -0.2) is 0 Å². The summed E-state index contributed by atoms with van der Waals surface area (Å²) in [6.07, 6.45) is -2.09. The Kier molecular flexibility index (Phi) is 3.60. The minimum atomic E-state index is -4.84. The Morgan fingerprint density at radius 2 is 1.79 bits per heavy atom. The minimum absolute atomic E-state index is 0.227. The quantitative estimate of drug-likeness (QED) is 0.841. The number of hydrogen-bond acceptors (Lipinski definition) is 2. The highest BCUT2D eigenvalue weighted by Gasteiger charge is 2.46. The zero-order valence-electron chi connectivity index (χ0n) is 9.75. The van der Waals surface area contributed by atoms with Crippen LogP contribution in [0.15, 0.2) is 48.2 Å². The summed E-state index contributed by atoms with van der Waals surface area (Å²) in [6, 6.07) is 8.51. The monoisotopic (exact) mass is 289 g/mol. The van der Waals surface area contributed by atoms with E-state index in [1.54, 1.807) is 30.3 Å². The zero-order chi connectivity index (χ0) is 14.1. The van der Waals surface area contributed by atoms with E-state index >= 15 is 0 Å². The van der Waals surface area contributed by atoms with Gasteiger partial charge in [0.15, 0.2) is 5.06 Å². The highest BCUT2D eigenvalue weighted by atomic mass is 35.5. The van der Waals surface area contributed by atoms with E-state index in [9.17, 15) is 13.2 Å². The van der Waals surface area contributed by atoms with Gasteiger partial charge in [0.25, 0.3) is 0 Å². The van der Waals surface area contributed by atoms with Crippen molar-refractivity contribution >= 4 is 17.2 Å². The molecule has 0 spiro atoms. The summed E-state index contributed by atoms with van der Waals surface area (Å²) in [5, 5.41) is -2.03. The maximum absolute atomic E-state index is 12.5. The standard InChI is InChI=1S/C13H11ClF3NO/c14-12(19-13(15,16)17)8-10(18)6-7-11(12)9-4-2-1-3-5-9/h1-7H,8,18H2. The van der Waals surface area contributed by atoms with Gasteiger partial charge in [0.2, 0.25) is 0 Å². The molecule has 1 aliphatic carbocycles. The zero-order valence-corrected chi connectivity index (χ0v) is 10.5. The van der Waals surface area contributed by atoms with E-state index in [0.29, 0.717) is 5.56 Å². The van der Waals surface area contributed by atoms with Crippen molar-refractivity contribution in [1.82, 2.24) is 0 Å². The third kappa shape index (κ3) is 3.30. The molecule has 0 heterocycles. The molecular weight excluding hydrogens is 279 g/mol. The second-order valence-corrected chi connectivity index (χ2v) is 4.75. The van der Waals surface area contributed by atoms with E-state index in [-0.39, 0.29) is 17.7 Å². The number of nitrogens with two attached hydrogens (primary N) is 1. The van der Waals surface area contributed by atoms with Crippen LogP contribution in [-0.2, 0) is 4.74 Å². The summed E-state index contributed by atoms with van der Waals surface area (Å²) in [5.41, 5.74) is 6.59. The highest BCUT2D eigenvalue weighted by Crippen LogP contribution is 2.44. The van der Waals surface area contributed by atoms with Crippen LogP contribution in [-0.4, -0.2) is 11.4 Å². The fourth-order valence-electron chi connectivity index (χ4n) is 1.94. The van der Waals surface area contributed by atoms with E-state index in [1.165, 1.54) is 12.2 Å². The van der Waals surface area contributed by atoms with E-state index in [1.807, 2.05) is 0 Å². The molecule has 0 radical (unpaired) electrons. The van der Waals surface area contributed by atoms with E-state index in [0.717, 1.165) is 0 Å². The summed E-state index contributed by atoms with van der Waals surface area (Å²) in [5.74, 6) is 0. The van der Waals surface area contributed by atoms with Crippen molar-refractivity contribution < 1.29 is 17.9 Å². The van der Waals surface area contributed by atoms with Gasteiger partial charge in [-0.05, 0) is 11.6 Å². The highest BCUT2D eigenvalue weighted by molar-refractivity contribution is 6.29. The molecule has 1 aromatic carbocycles. The predicted octanol–water partition coefficient (Wildman–Crippen LogP) is 3.79. The predicted molar refractivity (Wildman–Crippen MR) is 67.0 cm³/mol. The Hall–Kier alpha value is -1.46. The SMILES string of the molecule is NC1=CC=C(c2ccccc2)C(Cl)(OC(F)(F)F)C1. The van der Waals surface area contributed by atoms with Crippen molar-refractivity contribution in [1.29, 1.82) is 0 Å². The lowest BCUT2D eigenvalue weighted by Crippen LogP contribution is -2.37. The molecule has 102 valence electrons. The summed E-state index contributed by atoms with van der Waals surface area (Å²) >= 11 is 6.02. The number of alkyl halides is 4. The normalized spacial score (nSPS) is 23.8. The average molecular weight is 290 g/mol. The topological polar surface area (TPSA) is 35.2 Å². The van der Waals surface area contributed by atoms with Crippen LogP contribution in [0.5, 0.6) is 0 Å². The van der Waals surface area contributed by atoms with Crippen molar-refractivity contribution in [3.8, 4) is 0 Å². The van der Waals surface area contributed by atoms with E-state index in [4.69, 9.17) is 17.3 Å². The molecule has 0 saturated carbocycles. The van der Waals surface area contributed by atoms with Crippen LogP contribution in [0.4, 0.5) is 13.2 Å². The van der Waals surface area contributed by atoms with Gasteiger partial charge in [-0.1, -0.05) is 48.0 Å². The second kappa shape index (κ2) is 4.90. The van der Waals surface area contributed by atoms with Gasteiger partial charge >= 0.3 is 6.36 Å². The van der Waals surface area contributed by atoms with Gasteiger partial charge < -0.3 is 5.73 Å². The number of allylic oxidation sites excluding steroid dienone is 2. The smallest absolute Gasteiger partial charge is 0.402 e. The van der Waals surface area contributed by atoms with Crippen molar-refractivity contribution in [2.45, 2.75) is 17.8 Å². The molecular formula is C13H11ClF3NO. The Morgan fingerprint density at radius 3 is 2.37 bits per heavy atom. The summed E-state index contributed by atoms with van der Waals surface area (Å²) in [6.45, 7) is 0. The molecule has 2 rings (SSSR count). The maximum atomic E-state index is 12.5. The number of halogens is 4. The molecule has 1 aliphatic rings. The molecule has 0 amide bonds. The van der Waals surface area contributed by atoms with Gasteiger partial charge in [-0.3, -0.25) is 4.74 Å². The molecule has 1 unspecified atom stereocenters. The lowest BCUT2D eigenvalue weighted by molar-refractivity contribution is -0.342.